The second-order valence-electron chi connectivity index (χ2n) is 19.9. The Morgan fingerprint density at radius 2 is 1.12 bits per heavy atom. The molecule has 0 fully saturated rings. The van der Waals surface area contributed by atoms with Gasteiger partial charge in [0.25, 0.3) is 0 Å². The summed E-state index contributed by atoms with van der Waals surface area (Å²) in [4.78, 5) is 126. The van der Waals surface area contributed by atoms with Gasteiger partial charge in [0.1, 0.15) is 36.8 Å². The topological polar surface area (TPSA) is 394 Å². The number of hydrogen-bond acceptors (Lipinski definition) is 17. The summed E-state index contributed by atoms with van der Waals surface area (Å²) in [5.74, 6) is -5.47. The lowest BCUT2D eigenvalue weighted by Gasteiger charge is -2.27. The van der Waals surface area contributed by atoms with Crippen molar-refractivity contribution in [3.63, 3.8) is 0 Å². The number of carbonyl (C=O) groups excluding carboxylic acids is 9. The molecule has 3 heterocycles. The molecule has 27 nitrogen and oxygen atoms in total. The molecule has 81 heavy (non-hydrogen) atoms. The predicted octanol–water partition coefficient (Wildman–Crippen LogP) is 0.584. The van der Waals surface area contributed by atoms with Crippen LogP contribution in [0.15, 0.2) is 33.5 Å². The zero-order chi connectivity index (χ0) is 58.9. The molecule has 0 aliphatic carbocycles. The van der Waals surface area contributed by atoms with Gasteiger partial charge in [-0.15, -0.1) is 10.2 Å². The van der Waals surface area contributed by atoms with Crippen molar-refractivity contribution in [1.82, 2.24) is 63.2 Å². The molecule has 2 aliphatic heterocycles. The zero-order valence-electron chi connectivity index (χ0n) is 47.4. The van der Waals surface area contributed by atoms with E-state index in [-0.39, 0.29) is 45.0 Å². The summed E-state index contributed by atoms with van der Waals surface area (Å²) in [5.41, 5.74) is 6.35. The number of nitrogens with zero attached hydrogens (tertiary/aromatic N) is 5. The lowest BCUT2D eigenvalue weighted by molar-refractivity contribution is -0.135. The number of aromatic nitrogens is 4. The van der Waals surface area contributed by atoms with Gasteiger partial charge in [-0.1, -0.05) is 108 Å². The highest BCUT2D eigenvalue weighted by atomic mass is 16.5. The Morgan fingerprint density at radius 1 is 0.593 bits per heavy atom. The van der Waals surface area contributed by atoms with E-state index in [1.165, 1.54) is 64.8 Å². The maximum atomic E-state index is 14.1. The number of amides is 9. The molecule has 9 amide bonds. The second kappa shape index (κ2) is 41.9. The molecule has 3 rings (SSSR count). The van der Waals surface area contributed by atoms with Crippen LogP contribution in [0.2, 0.25) is 0 Å². The Bertz CT molecular complexity index is 2220. The lowest BCUT2D eigenvalue weighted by atomic mass is 10.0. The first-order valence-corrected chi connectivity index (χ1v) is 28.7. The first-order valence-electron chi connectivity index (χ1n) is 28.7. The minimum atomic E-state index is -1.63. The molecule has 27 heteroatoms. The van der Waals surface area contributed by atoms with Gasteiger partial charge in [-0.2, -0.15) is 5.21 Å². The number of hydrogen-bond donors (Lipinski definition) is 11. The normalized spacial score (nSPS) is 14.4. The fraction of sp³-hybridized carbons (Fsp3) is 0.704. The van der Waals surface area contributed by atoms with Crippen molar-refractivity contribution in [2.24, 2.45) is 15.7 Å². The van der Waals surface area contributed by atoms with Crippen molar-refractivity contribution in [3.8, 4) is 0 Å². The van der Waals surface area contributed by atoms with Crippen LogP contribution < -0.4 is 48.3 Å². The SMILES string of the molecule is CCCC[C@H](NC(=O)[C@H](CC1=CCC=N1)NC(=O)[C@H](CC1=CCC=N1)NC(=O)[C@H](CCC(N)=O)NC(=O)[C@H](CO)NC(=O)CNC(=O)COCCOCCNC(=O)CCCCCCCCCCCCCCCc1nn[nH]n1)C(=O)NC. The third-order valence-corrected chi connectivity index (χ3v) is 13.2. The number of ether oxygens (including phenoxy) is 2. The number of H-pyrrole nitrogens is 1. The quantitative estimate of drug-likeness (QED) is 0.0398. The summed E-state index contributed by atoms with van der Waals surface area (Å²) in [6, 6.07) is -6.67. The Labute approximate surface area is 474 Å². The summed E-state index contributed by atoms with van der Waals surface area (Å²) < 4.78 is 10.8. The van der Waals surface area contributed by atoms with Crippen molar-refractivity contribution >= 4 is 65.6 Å². The number of allylic oxidation sites excluding steroid dienone is 2. The largest absolute Gasteiger partial charge is 0.394 e. The van der Waals surface area contributed by atoms with Gasteiger partial charge in [0.15, 0.2) is 5.82 Å². The van der Waals surface area contributed by atoms with Crippen LogP contribution in [0.5, 0.6) is 0 Å². The Hall–Kier alpha value is -7.00. The van der Waals surface area contributed by atoms with Crippen LogP contribution in [0, 0.1) is 0 Å². The number of aliphatic imine (C=N–C) groups is 2. The summed E-state index contributed by atoms with van der Waals surface area (Å²) in [6.07, 6.45) is 25.2. The van der Waals surface area contributed by atoms with Gasteiger partial charge < -0.3 is 62.8 Å². The summed E-state index contributed by atoms with van der Waals surface area (Å²) in [5, 5.41) is 44.5. The molecule has 5 atom stereocenters. The molecule has 1 aromatic rings. The van der Waals surface area contributed by atoms with E-state index in [4.69, 9.17) is 15.2 Å². The van der Waals surface area contributed by atoms with Crippen LogP contribution in [0.4, 0.5) is 0 Å². The molecule has 0 spiro atoms. The minimum absolute atomic E-state index is 0.0311. The summed E-state index contributed by atoms with van der Waals surface area (Å²) >= 11 is 0. The van der Waals surface area contributed by atoms with Crippen LogP contribution in [-0.2, 0) is 59.0 Å². The molecule has 1 aromatic heterocycles. The molecule has 0 bridgehead atoms. The van der Waals surface area contributed by atoms with E-state index < -0.39 is 104 Å². The number of nitrogens with two attached hydrogens (primary N) is 1. The number of tetrazole rings is 1. The van der Waals surface area contributed by atoms with Crippen LogP contribution in [0.1, 0.15) is 160 Å². The van der Waals surface area contributed by atoms with Crippen molar-refractivity contribution < 1.29 is 57.7 Å². The van der Waals surface area contributed by atoms with E-state index in [9.17, 15) is 48.3 Å². The predicted molar refractivity (Wildman–Crippen MR) is 301 cm³/mol. The monoisotopic (exact) mass is 1140 g/mol. The Balaban J connectivity index is 1.34. The van der Waals surface area contributed by atoms with E-state index in [1.807, 2.05) is 6.92 Å². The van der Waals surface area contributed by atoms with E-state index in [0.29, 0.717) is 50.0 Å². The van der Waals surface area contributed by atoms with E-state index in [2.05, 4.69) is 73.1 Å². The molecule has 12 N–H and O–H groups in total. The van der Waals surface area contributed by atoms with Gasteiger partial charge in [0.05, 0.1) is 33.0 Å². The van der Waals surface area contributed by atoms with Crippen LogP contribution in [0.25, 0.3) is 0 Å². The lowest BCUT2D eigenvalue weighted by Crippen LogP contribution is -2.59. The van der Waals surface area contributed by atoms with Crippen LogP contribution in [-0.4, -0.2) is 175 Å². The molecule has 0 aromatic carbocycles. The molecule has 0 radical (unpaired) electrons. The number of primary amides is 1. The maximum Gasteiger partial charge on any atom is 0.246 e. The minimum Gasteiger partial charge on any atom is -0.394 e. The second-order valence-corrected chi connectivity index (χ2v) is 19.9. The van der Waals surface area contributed by atoms with E-state index in [1.54, 1.807) is 24.6 Å². The van der Waals surface area contributed by atoms with E-state index >= 15 is 0 Å². The van der Waals surface area contributed by atoms with Gasteiger partial charge in [0.2, 0.25) is 53.2 Å². The number of aryl methyl sites for hydroxylation is 1. The molecule has 2 aliphatic rings. The number of rotatable bonds is 47. The maximum absolute atomic E-state index is 14.1. The van der Waals surface area contributed by atoms with Crippen molar-refractivity contribution in [2.75, 3.05) is 53.2 Å². The number of aliphatic hydroxyl groups is 1. The van der Waals surface area contributed by atoms with E-state index in [0.717, 1.165) is 44.3 Å². The third-order valence-electron chi connectivity index (χ3n) is 13.2. The smallest absolute Gasteiger partial charge is 0.246 e. The van der Waals surface area contributed by atoms with Gasteiger partial charge in [0, 0.05) is 82.4 Å². The van der Waals surface area contributed by atoms with Gasteiger partial charge >= 0.3 is 0 Å². The van der Waals surface area contributed by atoms with Gasteiger partial charge in [-0.05, 0) is 25.7 Å². The summed E-state index contributed by atoms with van der Waals surface area (Å²) in [6.45, 7) is 0.771. The van der Waals surface area contributed by atoms with Crippen LogP contribution in [0.3, 0.4) is 0 Å². The van der Waals surface area contributed by atoms with Crippen LogP contribution >= 0.6 is 0 Å². The fourth-order valence-corrected chi connectivity index (χ4v) is 8.63. The molecular formula is C54H89N15O12. The number of carbonyl (C=O) groups is 9. The van der Waals surface area contributed by atoms with Gasteiger partial charge in [-0.3, -0.25) is 53.1 Å². The van der Waals surface area contributed by atoms with Crippen molar-refractivity contribution in [1.29, 1.82) is 0 Å². The molecule has 0 saturated heterocycles. The number of unbranched alkanes of at least 4 members (excludes halogenated alkanes) is 13. The highest BCUT2D eigenvalue weighted by Crippen LogP contribution is 2.18. The number of likely N-dealkylation sites (N-methyl/N-ethyl adjacent to an activating group) is 1. The molecule has 0 saturated carbocycles. The standard InChI is InChI=1S/C54H89N15O12/c1-3-4-22-40(50(75)56-2)62-52(77)42(33-38-20-18-27-57-38)65-53(78)43(34-39-21-19-28-58-39)64-51(76)41(25-26-45(55)71)63-54(79)44(36-70)61-48(73)35-60-49(74)37-81-32-31-80-30-29-59-47(72)24-17-15-13-11-9-7-5-6-8-10-12-14-16-23-46-66-68-69-67-46/h20-21,27-28,40-44,70H,3-19,22-26,29-37H2,1-2H3,(H2,55,71)(H,56,75)(H,59,72)(H,60,74)(H,61,73)(H,62,77)(H,63,79)(H,64,76)(H,65,78)(H,66,67,68,69)/t40-,41-,42-,43-,44-/m0/s1. The van der Waals surface area contributed by atoms with Gasteiger partial charge in [-0.25, -0.2) is 0 Å². The fourth-order valence-electron chi connectivity index (χ4n) is 8.63. The first-order chi connectivity index (χ1) is 39.2. The number of aromatic amines is 1. The van der Waals surface area contributed by atoms with Crippen molar-refractivity contribution in [3.05, 3.63) is 29.4 Å². The summed E-state index contributed by atoms with van der Waals surface area (Å²) in [7, 11) is 1.45. The third kappa shape index (κ3) is 31.0. The highest BCUT2D eigenvalue weighted by Gasteiger charge is 2.34. The molecule has 0 unspecified atom stereocenters. The highest BCUT2D eigenvalue weighted by molar-refractivity contribution is 5.97. The average Bonchev–Trinajstić information content (AvgIpc) is 4.32. The molecule has 452 valence electrons. The van der Waals surface area contributed by atoms with Crippen molar-refractivity contribution in [2.45, 2.75) is 191 Å². The average molecular weight is 1140 g/mol. The number of aliphatic hydroxyl groups excluding tert-OH is 1. The Morgan fingerprint density at radius 3 is 1.64 bits per heavy atom. The Kier molecular flexibility index (Phi) is 35.3. The zero-order valence-corrected chi connectivity index (χ0v) is 47.4. The molecular weight excluding hydrogens is 1050 g/mol. The first kappa shape index (κ1) is 68.3. The number of nitrogens with one attached hydrogen (secondary N) is 9.